The average molecular weight is 258 g/mol. The third-order valence-corrected chi connectivity index (χ3v) is 3.20. The molecule has 98 valence electrons. The number of hydrazine groups is 1. The number of benzene rings is 1. The Balaban J connectivity index is 1.98. The number of hydrogen-bond donors (Lipinski definition) is 2. The van der Waals surface area contributed by atoms with Crippen LogP contribution in [0.1, 0.15) is 29.6 Å². The molecule has 0 atom stereocenters. The lowest BCUT2D eigenvalue weighted by Crippen LogP contribution is -2.66. The number of carbonyl (C=O) groups excluding carboxylic acids is 1. The second kappa shape index (κ2) is 4.61. The van der Waals surface area contributed by atoms with Crippen LogP contribution in [0.4, 0.5) is 13.2 Å². The van der Waals surface area contributed by atoms with Crippen LogP contribution in [0.25, 0.3) is 0 Å². The summed E-state index contributed by atoms with van der Waals surface area (Å²) in [6.45, 7) is 0. The van der Waals surface area contributed by atoms with Crippen molar-refractivity contribution in [2.75, 3.05) is 0 Å². The molecule has 0 heterocycles. The molecule has 18 heavy (non-hydrogen) atoms. The highest BCUT2D eigenvalue weighted by Crippen LogP contribution is 2.44. The minimum atomic E-state index is -4.35. The van der Waals surface area contributed by atoms with Gasteiger partial charge in [0.15, 0.2) is 0 Å². The Hall–Kier alpha value is -1.56. The highest BCUT2D eigenvalue weighted by Gasteiger charge is 2.58. The van der Waals surface area contributed by atoms with Crippen molar-refractivity contribution in [1.82, 2.24) is 10.9 Å². The van der Waals surface area contributed by atoms with Gasteiger partial charge in [-0.1, -0.05) is 18.2 Å². The molecule has 1 aliphatic rings. The average Bonchev–Trinajstić information content (AvgIpc) is 2.26. The Labute approximate surface area is 102 Å². The Morgan fingerprint density at radius 2 is 1.78 bits per heavy atom. The molecule has 0 spiro atoms. The van der Waals surface area contributed by atoms with E-state index in [-0.39, 0.29) is 12.8 Å². The van der Waals surface area contributed by atoms with Crippen LogP contribution in [0.5, 0.6) is 0 Å². The quantitative estimate of drug-likeness (QED) is 0.817. The van der Waals surface area contributed by atoms with E-state index in [9.17, 15) is 18.0 Å². The van der Waals surface area contributed by atoms with Gasteiger partial charge in [-0.3, -0.25) is 10.2 Å². The van der Waals surface area contributed by atoms with E-state index >= 15 is 0 Å². The summed E-state index contributed by atoms with van der Waals surface area (Å²) in [6, 6.07) is 8.11. The third kappa shape index (κ3) is 2.33. The summed E-state index contributed by atoms with van der Waals surface area (Å²) in [4.78, 5) is 11.6. The van der Waals surface area contributed by atoms with Crippen LogP contribution in [-0.2, 0) is 0 Å². The van der Waals surface area contributed by atoms with Gasteiger partial charge in [-0.25, -0.2) is 5.43 Å². The van der Waals surface area contributed by atoms with E-state index in [0.29, 0.717) is 12.0 Å². The van der Waals surface area contributed by atoms with Gasteiger partial charge in [-0.05, 0) is 31.4 Å². The second-order valence-electron chi connectivity index (χ2n) is 4.38. The topological polar surface area (TPSA) is 41.1 Å². The molecule has 0 unspecified atom stereocenters. The Bertz CT molecular complexity index is 427. The SMILES string of the molecule is O=C(NNC1(C(F)(F)F)CCC1)c1ccccc1. The molecule has 1 amide bonds. The summed E-state index contributed by atoms with van der Waals surface area (Å²) in [6.07, 6.45) is -3.86. The first kappa shape index (κ1) is 12.9. The van der Waals surface area contributed by atoms with Crippen molar-refractivity contribution in [3.05, 3.63) is 35.9 Å². The van der Waals surface area contributed by atoms with E-state index in [1.807, 2.05) is 0 Å². The molecule has 0 saturated heterocycles. The summed E-state index contributed by atoms with van der Waals surface area (Å²) in [5.74, 6) is -0.564. The fourth-order valence-electron chi connectivity index (χ4n) is 1.85. The third-order valence-electron chi connectivity index (χ3n) is 3.20. The number of rotatable bonds is 3. The summed E-state index contributed by atoms with van der Waals surface area (Å²) in [5.41, 5.74) is 2.65. The fourth-order valence-corrected chi connectivity index (χ4v) is 1.85. The Morgan fingerprint density at radius 3 is 2.22 bits per heavy atom. The van der Waals surface area contributed by atoms with E-state index in [4.69, 9.17) is 0 Å². The van der Waals surface area contributed by atoms with Gasteiger partial charge < -0.3 is 0 Å². The minimum Gasteiger partial charge on any atom is -0.287 e. The zero-order valence-electron chi connectivity index (χ0n) is 9.55. The van der Waals surface area contributed by atoms with Gasteiger partial charge in [-0.15, -0.1) is 0 Å². The fraction of sp³-hybridized carbons (Fsp3) is 0.417. The maximum atomic E-state index is 12.8. The number of hydrogen-bond acceptors (Lipinski definition) is 2. The van der Waals surface area contributed by atoms with E-state index < -0.39 is 17.6 Å². The second-order valence-corrected chi connectivity index (χ2v) is 4.38. The van der Waals surface area contributed by atoms with Gasteiger partial charge in [-0.2, -0.15) is 13.2 Å². The van der Waals surface area contributed by atoms with Crippen molar-refractivity contribution in [3.63, 3.8) is 0 Å². The van der Waals surface area contributed by atoms with Crippen molar-refractivity contribution in [1.29, 1.82) is 0 Å². The lowest BCUT2D eigenvalue weighted by atomic mass is 9.77. The molecule has 0 radical (unpaired) electrons. The number of amides is 1. The van der Waals surface area contributed by atoms with Crippen LogP contribution in [0.15, 0.2) is 30.3 Å². The summed E-state index contributed by atoms with van der Waals surface area (Å²) in [5, 5.41) is 0. The number of halogens is 3. The van der Waals surface area contributed by atoms with Gasteiger partial charge >= 0.3 is 6.18 Å². The van der Waals surface area contributed by atoms with Crippen molar-refractivity contribution >= 4 is 5.91 Å². The molecule has 1 fully saturated rings. The van der Waals surface area contributed by atoms with Crippen LogP contribution >= 0.6 is 0 Å². The summed E-state index contributed by atoms with van der Waals surface area (Å²) >= 11 is 0. The maximum absolute atomic E-state index is 12.8. The zero-order valence-corrected chi connectivity index (χ0v) is 9.55. The van der Waals surface area contributed by atoms with E-state index in [0.717, 1.165) is 0 Å². The van der Waals surface area contributed by atoms with Crippen LogP contribution < -0.4 is 10.9 Å². The summed E-state index contributed by atoms with van der Waals surface area (Å²) < 4.78 is 38.4. The molecule has 0 aromatic heterocycles. The van der Waals surface area contributed by atoms with Gasteiger partial charge in [0, 0.05) is 5.56 Å². The molecule has 2 N–H and O–H groups in total. The molecule has 6 heteroatoms. The Morgan fingerprint density at radius 1 is 1.17 bits per heavy atom. The van der Waals surface area contributed by atoms with Crippen molar-refractivity contribution in [2.45, 2.75) is 31.0 Å². The number of carbonyl (C=O) groups is 1. The van der Waals surface area contributed by atoms with Crippen molar-refractivity contribution < 1.29 is 18.0 Å². The molecule has 1 aromatic carbocycles. The summed E-state index contributed by atoms with van der Waals surface area (Å²) in [7, 11) is 0. The zero-order chi connectivity index (χ0) is 13.2. The molecule has 0 bridgehead atoms. The smallest absolute Gasteiger partial charge is 0.287 e. The first-order chi connectivity index (χ1) is 8.45. The highest BCUT2D eigenvalue weighted by molar-refractivity contribution is 5.93. The van der Waals surface area contributed by atoms with Gasteiger partial charge in [0.25, 0.3) is 5.91 Å². The number of alkyl halides is 3. The van der Waals surface area contributed by atoms with Crippen LogP contribution in [0.2, 0.25) is 0 Å². The molecule has 3 nitrogen and oxygen atoms in total. The molecule has 1 saturated carbocycles. The van der Waals surface area contributed by atoms with Crippen LogP contribution in [0.3, 0.4) is 0 Å². The van der Waals surface area contributed by atoms with Crippen molar-refractivity contribution in [2.24, 2.45) is 0 Å². The van der Waals surface area contributed by atoms with Crippen LogP contribution in [0, 0.1) is 0 Å². The molecule has 2 rings (SSSR count). The largest absolute Gasteiger partial charge is 0.408 e. The monoisotopic (exact) mass is 258 g/mol. The molecular weight excluding hydrogens is 245 g/mol. The lowest BCUT2D eigenvalue weighted by Gasteiger charge is -2.43. The van der Waals surface area contributed by atoms with Crippen LogP contribution in [-0.4, -0.2) is 17.6 Å². The molecule has 0 aliphatic heterocycles. The van der Waals surface area contributed by atoms with Gasteiger partial charge in [0.2, 0.25) is 0 Å². The van der Waals surface area contributed by atoms with E-state index in [2.05, 4.69) is 10.9 Å². The van der Waals surface area contributed by atoms with E-state index in [1.165, 1.54) is 12.1 Å². The Kier molecular flexibility index (Phi) is 3.30. The first-order valence-electron chi connectivity index (χ1n) is 5.64. The highest BCUT2D eigenvalue weighted by atomic mass is 19.4. The predicted octanol–water partition coefficient (Wildman–Crippen LogP) is 2.41. The number of nitrogens with one attached hydrogen (secondary N) is 2. The predicted molar refractivity (Wildman–Crippen MR) is 59.7 cm³/mol. The lowest BCUT2D eigenvalue weighted by molar-refractivity contribution is -0.221. The maximum Gasteiger partial charge on any atom is 0.408 e. The standard InChI is InChI=1S/C12H13F3N2O/c13-12(14,15)11(7-4-8-11)17-16-10(18)9-5-2-1-3-6-9/h1-3,5-6,17H,4,7-8H2,(H,16,18). The van der Waals surface area contributed by atoms with Gasteiger partial charge in [0.05, 0.1) is 0 Å². The van der Waals surface area contributed by atoms with Crippen molar-refractivity contribution in [3.8, 4) is 0 Å². The molecular formula is C12H13F3N2O. The van der Waals surface area contributed by atoms with Gasteiger partial charge in [0.1, 0.15) is 5.54 Å². The first-order valence-corrected chi connectivity index (χ1v) is 5.64. The molecule has 1 aromatic rings. The van der Waals surface area contributed by atoms with E-state index in [1.54, 1.807) is 18.2 Å². The molecule has 1 aliphatic carbocycles. The normalized spacial score (nSPS) is 17.9. The minimum absolute atomic E-state index is 0.00836.